The smallest absolute Gasteiger partial charge is 0.125 e. The summed E-state index contributed by atoms with van der Waals surface area (Å²) in [6.07, 6.45) is 1.96. The van der Waals surface area contributed by atoms with E-state index in [0.29, 0.717) is 5.02 Å². The van der Waals surface area contributed by atoms with Crippen LogP contribution in [0.4, 0.5) is 0 Å². The van der Waals surface area contributed by atoms with Gasteiger partial charge in [0.05, 0.1) is 13.2 Å². The van der Waals surface area contributed by atoms with Gasteiger partial charge in [-0.25, -0.2) is 0 Å². The van der Waals surface area contributed by atoms with E-state index >= 15 is 0 Å². The van der Waals surface area contributed by atoms with Gasteiger partial charge in [-0.05, 0) is 41.7 Å². The quantitative estimate of drug-likeness (QED) is 0.881. The molecule has 0 heterocycles. The van der Waals surface area contributed by atoms with Crippen LogP contribution >= 0.6 is 11.6 Å². The molecular formula is C18H22ClNO. The van der Waals surface area contributed by atoms with Crippen molar-refractivity contribution >= 4 is 11.6 Å². The SMILES string of the molecule is CCc1ccc(CC)c(C(N)c2ccc(Cl)cc2OC)c1. The van der Waals surface area contributed by atoms with E-state index < -0.39 is 0 Å². The highest BCUT2D eigenvalue weighted by Gasteiger charge is 2.17. The molecule has 2 nitrogen and oxygen atoms in total. The summed E-state index contributed by atoms with van der Waals surface area (Å²) in [5.74, 6) is 0.735. The van der Waals surface area contributed by atoms with Gasteiger partial charge in [-0.2, -0.15) is 0 Å². The van der Waals surface area contributed by atoms with Crippen LogP contribution in [0.25, 0.3) is 0 Å². The van der Waals surface area contributed by atoms with Crippen molar-refractivity contribution in [1.82, 2.24) is 0 Å². The molecule has 0 fully saturated rings. The molecule has 0 amide bonds. The maximum absolute atomic E-state index is 6.52. The summed E-state index contributed by atoms with van der Waals surface area (Å²) in [7, 11) is 1.64. The lowest BCUT2D eigenvalue weighted by atomic mass is 9.91. The van der Waals surface area contributed by atoms with E-state index in [-0.39, 0.29) is 6.04 Å². The van der Waals surface area contributed by atoms with Gasteiger partial charge in [0.25, 0.3) is 0 Å². The van der Waals surface area contributed by atoms with Crippen molar-refractivity contribution in [2.24, 2.45) is 5.73 Å². The molecule has 2 N–H and O–H groups in total. The zero-order chi connectivity index (χ0) is 15.4. The Bertz CT molecular complexity index is 625. The third kappa shape index (κ3) is 3.39. The van der Waals surface area contributed by atoms with E-state index in [1.165, 1.54) is 11.1 Å². The van der Waals surface area contributed by atoms with Crippen molar-refractivity contribution in [1.29, 1.82) is 0 Å². The maximum Gasteiger partial charge on any atom is 0.125 e. The molecule has 0 aromatic heterocycles. The van der Waals surface area contributed by atoms with Crippen LogP contribution in [0.3, 0.4) is 0 Å². The Labute approximate surface area is 131 Å². The van der Waals surface area contributed by atoms with Gasteiger partial charge in [0.15, 0.2) is 0 Å². The second kappa shape index (κ2) is 6.97. The highest BCUT2D eigenvalue weighted by molar-refractivity contribution is 6.30. The van der Waals surface area contributed by atoms with Crippen LogP contribution in [0.15, 0.2) is 36.4 Å². The fourth-order valence-corrected chi connectivity index (χ4v) is 2.75. The van der Waals surface area contributed by atoms with Crippen molar-refractivity contribution in [3.63, 3.8) is 0 Å². The van der Waals surface area contributed by atoms with Gasteiger partial charge in [0.1, 0.15) is 5.75 Å². The topological polar surface area (TPSA) is 35.2 Å². The lowest BCUT2D eigenvalue weighted by Gasteiger charge is -2.20. The molecule has 2 rings (SSSR count). The van der Waals surface area contributed by atoms with Crippen molar-refractivity contribution in [3.8, 4) is 5.75 Å². The highest BCUT2D eigenvalue weighted by Crippen LogP contribution is 2.32. The molecule has 3 heteroatoms. The van der Waals surface area contributed by atoms with E-state index in [4.69, 9.17) is 22.1 Å². The van der Waals surface area contributed by atoms with E-state index in [2.05, 4.69) is 32.0 Å². The monoisotopic (exact) mass is 303 g/mol. The predicted molar refractivity (Wildman–Crippen MR) is 89.2 cm³/mol. The zero-order valence-corrected chi connectivity index (χ0v) is 13.6. The Morgan fingerprint density at radius 3 is 2.43 bits per heavy atom. The van der Waals surface area contributed by atoms with Gasteiger partial charge in [0.2, 0.25) is 0 Å². The van der Waals surface area contributed by atoms with Crippen LogP contribution in [0, 0.1) is 0 Å². The first kappa shape index (κ1) is 15.9. The second-order valence-electron chi connectivity index (χ2n) is 5.10. The lowest BCUT2D eigenvalue weighted by molar-refractivity contribution is 0.408. The van der Waals surface area contributed by atoms with Crippen molar-refractivity contribution in [3.05, 3.63) is 63.7 Å². The number of nitrogens with two attached hydrogens (primary N) is 1. The summed E-state index contributed by atoms with van der Waals surface area (Å²) in [6.45, 7) is 4.30. The third-order valence-corrected chi connectivity index (χ3v) is 4.10. The van der Waals surface area contributed by atoms with Gasteiger partial charge < -0.3 is 10.5 Å². The standard InChI is InChI=1S/C18H22ClNO/c1-4-12-6-7-13(5-2)16(10-12)18(20)15-9-8-14(19)11-17(15)21-3/h6-11,18H,4-5,20H2,1-3H3. The molecule has 0 bridgehead atoms. The fraction of sp³-hybridized carbons (Fsp3) is 0.333. The average Bonchev–Trinajstić information content (AvgIpc) is 2.53. The molecule has 2 aromatic carbocycles. The molecule has 0 aliphatic carbocycles. The Morgan fingerprint density at radius 2 is 1.81 bits per heavy atom. The second-order valence-corrected chi connectivity index (χ2v) is 5.54. The lowest BCUT2D eigenvalue weighted by Crippen LogP contribution is -2.15. The highest BCUT2D eigenvalue weighted by atomic mass is 35.5. The van der Waals surface area contributed by atoms with Gasteiger partial charge in [-0.15, -0.1) is 0 Å². The minimum absolute atomic E-state index is 0.210. The molecule has 0 aliphatic heterocycles. The van der Waals surface area contributed by atoms with Crippen molar-refractivity contribution in [2.75, 3.05) is 7.11 Å². The molecule has 0 aliphatic rings. The number of ether oxygens (including phenoxy) is 1. The molecule has 1 atom stereocenters. The van der Waals surface area contributed by atoms with E-state index in [9.17, 15) is 0 Å². The summed E-state index contributed by atoms with van der Waals surface area (Å²) in [5, 5.41) is 0.654. The van der Waals surface area contributed by atoms with Crippen LogP contribution in [0.1, 0.15) is 42.1 Å². The third-order valence-electron chi connectivity index (χ3n) is 3.87. The minimum Gasteiger partial charge on any atom is -0.496 e. The predicted octanol–water partition coefficient (Wildman–Crippen LogP) is 4.52. The molecule has 0 saturated heterocycles. The molecule has 21 heavy (non-hydrogen) atoms. The molecule has 0 radical (unpaired) electrons. The fourth-order valence-electron chi connectivity index (χ4n) is 2.59. The van der Waals surface area contributed by atoms with E-state index in [1.807, 2.05) is 18.2 Å². The number of hydrogen-bond acceptors (Lipinski definition) is 2. The first-order valence-electron chi connectivity index (χ1n) is 7.31. The van der Waals surface area contributed by atoms with Crippen molar-refractivity contribution < 1.29 is 4.74 Å². The number of methoxy groups -OCH3 is 1. The summed E-state index contributed by atoms with van der Waals surface area (Å²) >= 11 is 6.03. The Hall–Kier alpha value is -1.51. The maximum atomic E-state index is 6.52. The van der Waals surface area contributed by atoms with Gasteiger partial charge in [-0.3, -0.25) is 0 Å². The Kier molecular flexibility index (Phi) is 5.27. The summed E-state index contributed by atoms with van der Waals surface area (Å²) < 4.78 is 5.43. The summed E-state index contributed by atoms with van der Waals surface area (Å²) in [6, 6.07) is 12.0. The molecular weight excluding hydrogens is 282 g/mol. The van der Waals surface area contributed by atoms with Crippen LogP contribution in [-0.4, -0.2) is 7.11 Å². The normalized spacial score (nSPS) is 12.2. The van der Waals surface area contributed by atoms with Crippen LogP contribution in [0.5, 0.6) is 5.75 Å². The molecule has 112 valence electrons. The van der Waals surface area contributed by atoms with Crippen molar-refractivity contribution in [2.45, 2.75) is 32.7 Å². The van der Waals surface area contributed by atoms with E-state index in [0.717, 1.165) is 29.7 Å². The van der Waals surface area contributed by atoms with Crippen LogP contribution < -0.4 is 10.5 Å². The first-order valence-corrected chi connectivity index (χ1v) is 7.69. The average molecular weight is 304 g/mol. The number of aryl methyl sites for hydroxylation is 2. The number of rotatable bonds is 5. The first-order chi connectivity index (χ1) is 10.1. The Morgan fingerprint density at radius 1 is 1.05 bits per heavy atom. The number of halogens is 1. The van der Waals surface area contributed by atoms with Gasteiger partial charge in [-0.1, -0.05) is 49.7 Å². The molecule has 0 saturated carbocycles. The van der Waals surface area contributed by atoms with Crippen LogP contribution in [0.2, 0.25) is 5.02 Å². The van der Waals surface area contributed by atoms with Gasteiger partial charge in [0, 0.05) is 10.6 Å². The molecule has 1 unspecified atom stereocenters. The number of benzene rings is 2. The molecule has 2 aromatic rings. The zero-order valence-electron chi connectivity index (χ0n) is 12.8. The van der Waals surface area contributed by atoms with E-state index in [1.54, 1.807) is 7.11 Å². The molecule has 0 spiro atoms. The van der Waals surface area contributed by atoms with Gasteiger partial charge >= 0.3 is 0 Å². The summed E-state index contributed by atoms with van der Waals surface area (Å²) in [4.78, 5) is 0. The largest absolute Gasteiger partial charge is 0.496 e. The van der Waals surface area contributed by atoms with Crippen LogP contribution in [-0.2, 0) is 12.8 Å². The summed E-state index contributed by atoms with van der Waals surface area (Å²) in [5.41, 5.74) is 11.2. The minimum atomic E-state index is -0.210. The Balaban J connectivity index is 2.50. The number of hydrogen-bond donors (Lipinski definition) is 1.